The summed E-state index contributed by atoms with van der Waals surface area (Å²) in [6, 6.07) is 8.50. The summed E-state index contributed by atoms with van der Waals surface area (Å²) in [6.07, 6.45) is 0. The minimum Gasteiger partial charge on any atom is -0.347 e. The number of amides is 1. The van der Waals surface area contributed by atoms with Gasteiger partial charge in [0.05, 0.1) is 5.54 Å². The van der Waals surface area contributed by atoms with Gasteiger partial charge in [0.15, 0.2) is 0 Å². The van der Waals surface area contributed by atoms with Crippen LogP contribution in [0.1, 0.15) is 58.6 Å². The van der Waals surface area contributed by atoms with Gasteiger partial charge in [0.1, 0.15) is 0 Å². The SMILES string of the molecule is CC(C)C(=O)NC(C)(C)c1ccc(C(C)C)cc1. The maximum atomic E-state index is 11.8. The lowest BCUT2D eigenvalue weighted by Gasteiger charge is -2.28. The van der Waals surface area contributed by atoms with Gasteiger partial charge < -0.3 is 5.32 Å². The van der Waals surface area contributed by atoms with Crippen LogP contribution in [0.25, 0.3) is 0 Å². The Kier molecular flexibility index (Phi) is 4.55. The molecule has 0 bridgehead atoms. The van der Waals surface area contributed by atoms with Gasteiger partial charge in [0.2, 0.25) is 5.91 Å². The van der Waals surface area contributed by atoms with Gasteiger partial charge in [-0.3, -0.25) is 4.79 Å². The first kappa shape index (κ1) is 14.7. The summed E-state index contributed by atoms with van der Waals surface area (Å²) in [6.45, 7) is 12.3. The molecule has 18 heavy (non-hydrogen) atoms. The molecule has 0 aliphatic rings. The van der Waals surface area contributed by atoms with E-state index in [4.69, 9.17) is 0 Å². The van der Waals surface area contributed by atoms with Crippen LogP contribution < -0.4 is 5.32 Å². The number of carbonyl (C=O) groups excluding carboxylic acids is 1. The molecule has 2 nitrogen and oxygen atoms in total. The van der Waals surface area contributed by atoms with E-state index in [-0.39, 0.29) is 17.4 Å². The third-order valence-corrected chi connectivity index (χ3v) is 3.26. The Morgan fingerprint density at radius 2 is 1.56 bits per heavy atom. The Morgan fingerprint density at radius 1 is 1.06 bits per heavy atom. The number of hydrogen-bond acceptors (Lipinski definition) is 1. The molecule has 0 unspecified atom stereocenters. The zero-order valence-electron chi connectivity index (χ0n) is 12.4. The van der Waals surface area contributed by atoms with Gasteiger partial charge in [-0.15, -0.1) is 0 Å². The maximum Gasteiger partial charge on any atom is 0.223 e. The second-order valence-electron chi connectivity index (χ2n) is 6.05. The molecule has 0 saturated heterocycles. The van der Waals surface area contributed by atoms with Crippen LogP contribution in [0, 0.1) is 5.92 Å². The molecule has 0 aromatic heterocycles. The van der Waals surface area contributed by atoms with E-state index in [0.717, 1.165) is 5.56 Å². The van der Waals surface area contributed by atoms with E-state index in [0.29, 0.717) is 5.92 Å². The summed E-state index contributed by atoms with van der Waals surface area (Å²) in [7, 11) is 0. The standard InChI is InChI=1S/C16H25NO/c1-11(2)13-7-9-14(10-8-13)16(5,6)17-15(18)12(3)4/h7-12H,1-6H3,(H,17,18). The average molecular weight is 247 g/mol. The third-order valence-electron chi connectivity index (χ3n) is 3.26. The van der Waals surface area contributed by atoms with Gasteiger partial charge in [-0.2, -0.15) is 0 Å². The van der Waals surface area contributed by atoms with Crippen molar-refractivity contribution in [2.75, 3.05) is 0 Å². The van der Waals surface area contributed by atoms with Crippen molar-refractivity contribution in [2.45, 2.75) is 53.0 Å². The van der Waals surface area contributed by atoms with Crippen LogP contribution in [-0.4, -0.2) is 5.91 Å². The highest BCUT2D eigenvalue weighted by Gasteiger charge is 2.23. The first-order chi connectivity index (χ1) is 8.24. The van der Waals surface area contributed by atoms with Crippen LogP contribution in [0.5, 0.6) is 0 Å². The predicted molar refractivity (Wildman–Crippen MR) is 76.5 cm³/mol. The monoisotopic (exact) mass is 247 g/mol. The lowest BCUT2D eigenvalue weighted by molar-refractivity contribution is -0.125. The van der Waals surface area contributed by atoms with Gasteiger partial charge >= 0.3 is 0 Å². The second kappa shape index (κ2) is 5.55. The fraction of sp³-hybridized carbons (Fsp3) is 0.562. The summed E-state index contributed by atoms with van der Waals surface area (Å²) >= 11 is 0. The molecule has 1 rings (SSSR count). The van der Waals surface area contributed by atoms with Crippen molar-refractivity contribution in [3.05, 3.63) is 35.4 Å². The van der Waals surface area contributed by atoms with Gasteiger partial charge in [-0.1, -0.05) is 52.0 Å². The number of nitrogens with one attached hydrogen (secondary N) is 1. The number of rotatable bonds is 4. The molecule has 1 amide bonds. The highest BCUT2D eigenvalue weighted by Crippen LogP contribution is 2.23. The topological polar surface area (TPSA) is 29.1 Å². The maximum absolute atomic E-state index is 11.8. The van der Waals surface area contributed by atoms with E-state index in [1.54, 1.807) is 0 Å². The van der Waals surface area contributed by atoms with Crippen molar-refractivity contribution in [1.82, 2.24) is 5.32 Å². The first-order valence-corrected chi connectivity index (χ1v) is 6.66. The summed E-state index contributed by atoms with van der Waals surface area (Å²) in [5.74, 6) is 0.638. The van der Waals surface area contributed by atoms with Crippen molar-refractivity contribution in [3.63, 3.8) is 0 Å². The molecular formula is C16H25NO. The quantitative estimate of drug-likeness (QED) is 0.861. The van der Waals surface area contributed by atoms with E-state index in [2.05, 4.69) is 43.4 Å². The summed E-state index contributed by atoms with van der Waals surface area (Å²) in [4.78, 5) is 11.8. The van der Waals surface area contributed by atoms with Crippen molar-refractivity contribution in [1.29, 1.82) is 0 Å². The molecule has 100 valence electrons. The van der Waals surface area contributed by atoms with Gasteiger partial charge in [0.25, 0.3) is 0 Å². The van der Waals surface area contributed by atoms with Gasteiger partial charge in [-0.05, 0) is 30.9 Å². The molecule has 1 aromatic carbocycles. The minimum atomic E-state index is -0.323. The van der Waals surface area contributed by atoms with Gasteiger partial charge in [0, 0.05) is 5.92 Å². The zero-order chi connectivity index (χ0) is 13.9. The summed E-state index contributed by atoms with van der Waals surface area (Å²) in [5.41, 5.74) is 2.14. The minimum absolute atomic E-state index is 0.0132. The van der Waals surface area contributed by atoms with E-state index in [1.165, 1.54) is 5.56 Å². The Hall–Kier alpha value is -1.31. The smallest absolute Gasteiger partial charge is 0.223 e. The average Bonchev–Trinajstić information content (AvgIpc) is 2.28. The molecule has 2 heteroatoms. The van der Waals surface area contributed by atoms with Crippen LogP contribution in [0.3, 0.4) is 0 Å². The normalized spacial score (nSPS) is 12.0. The fourth-order valence-corrected chi connectivity index (χ4v) is 1.81. The largest absolute Gasteiger partial charge is 0.347 e. The number of carbonyl (C=O) groups is 1. The Balaban J connectivity index is 2.88. The lowest BCUT2D eigenvalue weighted by Crippen LogP contribution is -2.42. The van der Waals surface area contributed by atoms with Crippen molar-refractivity contribution >= 4 is 5.91 Å². The number of benzene rings is 1. The van der Waals surface area contributed by atoms with E-state index in [1.807, 2.05) is 27.7 Å². The van der Waals surface area contributed by atoms with Crippen molar-refractivity contribution < 1.29 is 4.79 Å². The van der Waals surface area contributed by atoms with E-state index in [9.17, 15) is 4.79 Å². The van der Waals surface area contributed by atoms with Crippen LogP contribution in [0.2, 0.25) is 0 Å². The Morgan fingerprint density at radius 3 is 1.94 bits per heavy atom. The third kappa shape index (κ3) is 3.59. The van der Waals surface area contributed by atoms with Crippen LogP contribution >= 0.6 is 0 Å². The molecule has 0 spiro atoms. The highest BCUT2D eigenvalue weighted by molar-refractivity contribution is 5.78. The predicted octanol–water partition coefficient (Wildman–Crippen LogP) is 3.82. The van der Waals surface area contributed by atoms with Gasteiger partial charge in [-0.25, -0.2) is 0 Å². The molecular weight excluding hydrogens is 222 g/mol. The summed E-state index contributed by atoms with van der Waals surface area (Å²) in [5, 5.41) is 3.08. The summed E-state index contributed by atoms with van der Waals surface area (Å²) < 4.78 is 0. The molecule has 0 radical (unpaired) electrons. The highest BCUT2D eigenvalue weighted by atomic mass is 16.2. The molecule has 0 heterocycles. The fourth-order valence-electron chi connectivity index (χ4n) is 1.81. The zero-order valence-corrected chi connectivity index (χ0v) is 12.4. The molecule has 0 aliphatic carbocycles. The van der Waals surface area contributed by atoms with Crippen molar-refractivity contribution in [2.24, 2.45) is 5.92 Å². The van der Waals surface area contributed by atoms with Crippen molar-refractivity contribution in [3.8, 4) is 0 Å². The van der Waals surface area contributed by atoms with Crippen LogP contribution in [0.15, 0.2) is 24.3 Å². The molecule has 0 saturated carbocycles. The van der Waals surface area contributed by atoms with Crippen LogP contribution in [0.4, 0.5) is 0 Å². The first-order valence-electron chi connectivity index (χ1n) is 6.66. The molecule has 0 atom stereocenters. The number of hydrogen-bond donors (Lipinski definition) is 1. The molecule has 1 N–H and O–H groups in total. The molecule has 0 fully saturated rings. The Labute approximate surface area is 111 Å². The van der Waals surface area contributed by atoms with Crippen LogP contribution in [-0.2, 0) is 10.3 Å². The molecule has 0 aliphatic heterocycles. The van der Waals surface area contributed by atoms with E-state index < -0.39 is 0 Å². The second-order valence-corrected chi connectivity index (χ2v) is 6.05. The Bertz CT molecular complexity index is 402. The lowest BCUT2D eigenvalue weighted by atomic mass is 9.91. The van der Waals surface area contributed by atoms with E-state index >= 15 is 0 Å². The molecule has 1 aromatic rings.